The third-order valence-electron chi connectivity index (χ3n) is 3.41. The van der Waals surface area contributed by atoms with E-state index in [0.717, 1.165) is 25.1 Å². The smallest absolute Gasteiger partial charge is 0.225 e. The molecule has 0 saturated carbocycles. The van der Waals surface area contributed by atoms with Crippen LogP contribution < -0.4 is 10.6 Å². The minimum Gasteiger partial charge on any atom is -0.314 e. The van der Waals surface area contributed by atoms with E-state index in [9.17, 15) is 4.79 Å². The zero-order valence-corrected chi connectivity index (χ0v) is 11.0. The number of rotatable bonds is 5. The second-order valence-electron chi connectivity index (χ2n) is 4.87. The highest BCUT2D eigenvalue weighted by Crippen LogP contribution is 2.12. The summed E-state index contributed by atoms with van der Waals surface area (Å²) < 4.78 is 0. The number of hydrogen-bond acceptors (Lipinski definition) is 3. The average Bonchev–Trinajstić information content (AvgIpc) is 2.85. The fraction of sp³-hybridized carbons (Fsp3) is 0.692. The van der Waals surface area contributed by atoms with Crippen LogP contribution >= 0.6 is 0 Å². The van der Waals surface area contributed by atoms with E-state index in [-0.39, 0.29) is 5.91 Å². The molecular weight excluding hydrogens is 228 g/mol. The lowest BCUT2D eigenvalue weighted by Crippen LogP contribution is -2.34. The molecule has 3 N–H and O–H groups in total. The Hall–Kier alpha value is -1.36. The fourth-order valence-corrected chi connectivity index (χ4v) is 2.29. The zero-order valence-electron chi connectivity index (χ0n) is 11.0. The first-order chi connectivity index (χ1) is 8.78. The lowest BCUT2D eigenvalue weighted by atomic mass is 10.0. The number of nitrogens with zero attached hydrogens (tertiary/aromatic N) is 1. The van der Waals surface area contributed by atoms with E-state index in [2.05, 4.69) is 20.8 Å². The van der Waals surface area contributed by atoms with Gasteiger partial charge in [0.2, 0.25) is 5.91 Å². The summed E-state index contributed by atoms with van der Waals surface area (Å²) in [5.41, 5.74) is 1.04. The Labute approximate surface area is 108 Å². The molecule has 5 nitrogen and oxygen atoms in total. The molecule has 100 valence electrons. The number of H-pyrrole nitrogens is 1. The number of anilines is 1. The molecule has 1 saturated heterocycles. The van der Waals surface area contributed by atoms with E-state index < -0.39 is 0 Å². The maximum absolute atomic E-state index is 11.8. The molecule has 0 aromatic carbocycles. The minimum absolute atomic E-state index is 0.0523. The van der Waals surface area contributed by atoms with E-state index in [1.165, 1.54) is 19.3 Å². The van der Waals surface area contributed by atoms with Gasteiger partial charge in [-0.15, -0.1) is 0 Å². The van der Waals surface area contributed by atoms with Gasteiger partial charge in [0, 0.05) is 24.2 Å². The van der Waals surface area contributed by atoms with Gasteiger partial charge >= 0.3 is 0 Å². The Morgan fingerprint density at radius 3 is 3.11 bits per heavy atom. The number of aryl methyl sites for hydroxylation is 1. The van der Waals surface area contributed by atoms with Gasteiger partial charge in [-0.25, -0.2) is 0 Å². The number of piperidine rings is 1. The molecule has 1 unspecified atom stereocenters. The van der Waals surface area contributed by atoms with Crippen LogP contribution in [-0.2, 0) is 11.2 Å². The molecule has 2 rings (SSSR count). The van der Waals surface area contributed by atoms with Crippen molar-refractivity contribution in [2.24, 2.45) is 0 Å². The maximum Gasteiger partial charge on any atom is 0.225 e. The van der Waals surface area contributed by atoms with Crippen LogP contribution in [0.2, 0.25) is 0 Å². The molecule has 5 heteroatoms. The van der Waals surface area contributed by atoms with E-state index >= 15 is 0 Å². The number of carbonyl (C=O) groups is 1. The Kier molecular flexibility index (Phi) is 4.75. The van der Waals surface area contributed by atoms with Crippen molar-refractivity contribution in [2.75, 3.05) is 11.9 Å². The summed E-state index contributed by atoms with van der Waals surface area (Å²) in [6.45, 7) is 3.14. The fourth-order valence-electron chi connectivity index (χ4n) is 2.29. The predicted molar refractivity (Wildman–Crippen MR) is 71.5 cm³/mol. The van der Waals surface area contributed by atoms with Gasteiger partial charge in [-0.05, 0) is 32.2 Å². The van der Waals surface area contributed by atoms with Gasteiger partial charge in [-0.1, -0.05) is 13.3 Å². The lowest BCUT2D eigenvalue weighted by Gasteiger charge is -2.22. The van der Waals surface area contributed by atoms with Crippen molar-refractivity contribution in [3.8, 4) is 0 Å². The highest BCUT2D eigenvalue weighted by atomic mass is 16.1. The summed E-state index contributed by atoms with van der Waals surface area (Å²) in [5.74, 6) is 0.685. The molecule has 1 aromatic heterocycles. The van der Waals surface area contributed by atoms with Crippen LogP contribution in [0, 0.1) is 0 Å². The molecule has 1 aromatic rings. The van der Waals surface area contributed by atoms with Crippen LogP contribution in [0.15, 0.2) is 6.07 Å². The molecule has 1 atom stereocenters. The van der Waals surface area contributed by atoms with Gasteiger partial charge in [0.05, 0.1) is 0 Å². The van der Waals surface area contributed by atoms with Crippen molar-refractivity contribution in [3.63, 3.8) is 0 Å². The van der Waals surface area contributed by atoms with Crippen molar-refractivity contribution in [3.05, 3.63) is 11.8 Å². The molecule has 18 heavy (non-hydrogen) atoms. The molecule has 1 aliphatic rings. The second-order valence-corrected chi connectivity index (χ2v) is 4.87. The third kappa shape index (κ3) is 3.84. The van der Waals surface area contributed by atoms with Crippen molar-refractivity contribution < 1.29 is 4.79 Å². The number of aromatic amines is 1. The highest BCUT2D eigenvalue weighted by molar-refractivity contribution is 5.89. The van der Waals surface area contributed by atoms with Gasteiger partial charge in [0.15, 0.2) is 5.82 Å². The molecule has 0 spiro atoms. The largest absolute Gasteiger partial charge is 0.314 e. The van der Waals surface area contributed by atoms with Crippen LogP contribution in [0.4, 0.5) is 5.82 Å². The Balaban J connectivity index is 1.71. The second kappa shape index (κ2) is 6.54. The molecule has 1 fully saturated rings. The number of hydrogen-bond donors (Lipinski definition) is 3. The predicted octanol–water partition coefficient (Wildman–Crippen LogP) is 1.83. The SMILES string of the molecule is CCc1cc(NC(=O)CCC2CCCCN2)n[nH]1. The van der Waals surface area contributed by atoms with Crippen LogP contribution in [-0.4, -0.2) is 28.7 Å². The summed E-state index contributed by atoms with van der Waals surface area (Å²) in [4.78, 5) is 11.8. The van der Waals surface area contributed by atoms with Gasteiger partial charge in [0.25, 0.3) is 0 Å². The summed E-state index contributed by atoms with van der Waals surface area (Å²) in [6, 6.07) is 2.39. The quantitative estimate of drug-likeness (QED) is 0.746. The van der Waals surface area contributed by atoms with E-state index in [4.69, 9.17) is 0 Å². The Morgan fingerprint density at radius 1 is 1.56 bits per heavy atom. The van der Waals surface area contributed by atoms with Gasteiger partial charge < -0.3 is 10.6 Å². The van der Waals surface area contributed by atoms with Crippen molar-refractivity contribution in [1.82, 2.24) is 15.5 Å². The summed E-state index contributed by atoms with van der Waals surface area (Å²) >= 11 is 0. The number of carbonyl (C=O) groups excluding carboxylic acids is 1. The molecule has 1 aliphatic heterocycles. The normalized spacial score (nSPS) is 19.7. The lowest BCUT2D eigenvalue weighted by molar-refractivity contribution is -0.116. The maximum atomic E-state index is 11.8. The summed E-state index contributed by atoms with van der Waals surface area (Å²) in [6.07, 6.45) is 6.10. The topological polar surface area (TPSA) is 69.8 Å². The van der Waals surface area contributed by atoms with E-state index in [1.54, 1.807) is 0 Å². The first kappa shape index (κ1) is 13.1. The molecule has 2 heterocycles. The molecule has 1 amide bonds. The molecule has 0 aliphatic carbocycles. The van der Waals surface area contributed by atoms with Crippen molar-refractivity contribution in [1.29, 1.82) is 0 Å². The summed E-state index contributed by atoms with van der Waals surface area (Å²) in [5, 5.41) is 13.2. The number of aromatic nitrogens is 2. The summed E-state index contributed by atoms with van der Waals surface area (Å²) in [7, 11) is 0. The number of nitrogens with one attached hydrogen (secondary N) is 3. The first-order valence-electron chi connectivity index (χ1n) is 6.85. The number of amides is 1. The highest BCUT2D eigenvalue weighted by Gasteiger charge is 2.14. The minimum atomic E-state index is 0.0523. The standard InChI is InChI=1S/C13H22N4O/c1-2-10-9-12(17-16-10)15-13(18)7-6-11-5-3-4-8-14-11/h9,11,14H,2-8H2,1H3,(H2,15,16,17,18). The van der Waals surface area contributed by atoms with E-state index in [1.807, 2.05) is 13.0 Å². The van der Waals surface area contributed by atoms with Crippen LogP contribution in [0.3, 0.4) is 0 Å². The first-order valence-corrected chi connectivity index (χ1v) is 6.85. The third-order valence-corrected chi connectivity index (χ3v) is 3.41. The average molecular weight is 250 g/mol. The van der Waals surface area contributed by atoms with Gasteiger partial charge in [0.1, 0.15) is 0 Å². The zero-order chi connectivity index (χ0) is 12.8. The Morgan fingerprint density at radius 2 is 2.44 bits per heavy atom. The Bertz CT molecular complexity index is 382. The van der Waals surface area contributed by atoms with Gasteiger partial charge in [-0.2, -0.15) is 5.10 Å². The van der Waals surface area contributed by atoms with Crippen LogP contribution in [0.5, 0.6) is 0 Å². The van der Waals surface area contributed by atoms with Gasteiger partial charge in [-0.3, -0.25) is 9.89 Å². The molecular formula is C13H22N4O. The monoisotopic (exact) mass is 250 g/mol. The van der Waals surface area contributed by atoms with Crippen molar-refractivity contribution >= 4 is 11.7 Å². The van der Waals surface area contributed by atoms with Crippen molar-refractivity contribution in [2.45, 2.75) is 51.5 Å². The molecule has 0 bridgehead atoms. The van der Waals surface area contributed by atoms with Crippen LogP contribution in [0.1, 0.15) is 44.7 Å². The molecule has 0 radical (unpaired) electrons. The van der Waals surface area contributed by atoms with E-state index in [0.29, 0.717) is 18.3 Å². The van der Waals surface area contributed by atoms with Crippen LogP contribution in [0.25, 0.3) is 0 Å².